The average molecular weight is 269 g/mol. The van der Waals surface area contributed by atoms with Crippen LogP contribution in [0.25, 0.3) is 11.4 Å². The van der Waals surface area contributed by atoms with E-state index in [0.717, 1.165) is 18.7 Å². The van der Waals surface area contributed by atoms with Gasteiger partial charge in [0.2, 0.25) is 5.95 Å². The second-order valence-electron chi connectivity index (χ2n) is 3.75. The third-order valence-electron chi connectivity index (χ3n) is 2.58. The maximum Gasteiger partial charge on any atom is 0.224 e. The quantitative estimate of drug-likeness (QED) is 0.926. The summed E-state index contributed by atoms with van der Waals surface area (Å²) in [6.07, 6.45) is 0. The highest BCUT2D eigenvalue weighted by atomic mass is 35.5. The van der Waals surface area contributed by atoms with Gasteiger partial charge in [-0.05, 0) is 32.0 Å². The molecule has 0 aliphatic carbocycles. The number of rotatable bonds is 4. The lowest BCUT2D eigenvalue weighted by Crippen LogP contribution is -2.06. The van der Waals surface area contributed by atoms with Gasteiger partial charge in [0.05, 0.1) is 5.02 Å². The fraction of sp³-hybridized carbons (Fsp3) is 0.333. The van der Waals surface area contributed by atoms with E-state index in [1.54, 1.807) is 12.1 Å². The van der Waals surface area contributed by atoms with Gasteiger partial charge in [0.25, 0.3) is 0 Å². The van der Waals surface area contributed by atoms with Crippen LogP contribution in [0, 0.1) is 5.82 Å². The predicted molar refractivity (Wildman–Crippen MR) is 70.3 cm³/mol. The van der Waals surface area contributed by atoms with Crippen LogP contribution in [-0.4, -0.2) is 21.3 Å². The summed E-state index contributed by atoms with van der Waals surface area (Å²) in [5.41, 5.74) is 0.750. The first-order valence-electron chi connectivity index (χ1n) is 5.79. The minimum absolute atomic E-state index is 0.0863. The molecule has 18 heavy (non-hydrogen) atoms. The molecule has 0 saturated heterocycles. The molecule has 1 heterocycles. The number of hydrogen-bond donors (Lipinski definition) is 1. The van der Waals surface area contributed by atoms with Crippen LogP contribution in [0.1, 0.15) is 13.8 Å². The Bertz CT molecular complexity index is 553. The molecule has 0 bridgehead atoms. The summed E-state index contributed by atoms with van der Waals surface area (Å²) in [6.45, 7) is 5.48. The highest BCUT2D eigenvalue weighted by Crippen LogP contribution is 2.25. The van der Waals surface area contributed by atoms with Gasteiger partial charge in [0.15, 0.2) is 5.82 Å². The minimum Gasteiger partial charge on any atom is -0.355 e. The average Bonchev–Trinajstić information content (AvgIpc) is 2.76. The van der Waals surface area contributed by atoms with Gasteiger partial charge >= 0.3 is 0 Å². The molecule has 0 aliphatic rings. The Morgan fingerprint density at radius 3 is 2.72 bits per heavy atom. The van der Waals surface area contributed by atoms with Gasteiger partial charge < -0.3 is 5.32 Å². The van der Waals surface area contributed by atoms with Crippen molar-refractivity contribution in [3.8, 4) is 11.4 Å². The number of hydrogen-bond acceptors (Lipinski definition) is 3. The van der Waals surface area contributed by atoms with Crippen LogP contribution in [-0.2, 0) is 6.54 Å². The number of nitrogens with one attached hydrogen (secondary N) is 1. The van der Waals surface area contributed by atoms with E-state index in [4.69, 9.17) is 11.6 Å². The van der Waals surface area contributed by atoms with Crippen LogP contribution in [0.5, 0.6) is 0 Å². The normalized spacial score (nSPS) is 10.7. The van der Waals surface area contributed by atoms with Crippen LogP contribution >= 0.6 is 11.6 Å². The molecule has 96 valence electrons. The Labute approximate surface area is 110 Å². The molecule has 2 rings (SSSR count). The van der Waals surface area contributed by atoms with E-state index >= 15 is 0 Å². The zero-order chi connectivity index (χ0) is 13.1. The summed E-state index contributed by atoms with van der Waals surface area (Å²) in [6, 6.07) is 4.54. The fourth-order valence-corrected chi connectivity index (χ4v) is 1.92. The van der Waals surface area contributed by atoms with Crippen LogP contribution in [0.15, 0.2) is 18.2 Å². The predicted octanol–water partition coefficient (Wildman–Crippen LogP) is 3.19. The van der Waals surface area contributed by atoms with Gasteiger partial charge in [-0.1, -0.05) is 11.6 Å². The summed E-state index contributed by atoms with van der Waals surface area (Å²) in [5, 5.41) is 11.4. The fourth-order valence-electron chi connectivity index (χ4n) is 1.74. The van der Waals surface area contributed by atoms with Gasteiger partial charge in [-0.25, -0.2) is 4.39 Å². The van der Waals surface area contributed by atoms with Crippen molar-refractivity contribution in [2.75, 3.05) is 11.9 Å². The molecule has 0 radical (unpaired) electrons. The molecule has 6 heteroatoms. The summed E-state index contributed by atoms with van der Waals surface area (Å²) in [4.78, 5) is 0. The van der Waals surface area contributed by atoms with E-state index in [9.17, 15) is 4.39 Å². The first-order valence-corrected chi connectivity index (χ1v) is 6.17. The Hall–Kier alpha value is -1.62. The molecule has 1 N–H and O–H groups in total. The van der Waals surface area contributed by atoms with Crippen molar-refractivity contribution in [3.05, 3.63) is 29.0 Å². The summed E-state index contributed by atoms with van der Waals surface area (Å²) >= 11 is 5.78. The molecule has 0 unspecified atom stereocenters. The zero-order valence-corrected chi connectivity index (χ0v) is 11.0. The zero-order valence-electron chi connectivity index (χ0n) is 10.2. The van der Waals surface area contributed by atoms with E-state index < -0.39 is 5.82 Å². The van der Waals surface area contributed by atoms with Gasteiger partial charge in [-0.2, -0.15) is 0 Å². The maximum atomic E-state index is 13.1. The Kier molecular flexibility index (Phi) is 3.81. The SMILES string of the molecule is CCNc1nnc(-c2ccc(F)c(Cl)c2)n1CC. The molecule has 0 atom stereocenters. The molecule has 4 nitrogen and oxygen atoms in total. The molecule has 0 amide bonds. The molecule has 1 aromatic carbocycles. The van der Waals surface area contributed by atoms with Crippen molar-refractivity contribution >= 4 is 17.5 Å². The lowest BCUT2D eigenvalue weighted by molar-refractivity contribution is 0.628. The van der Waals surface area contributed by atoms with Gasteiger partial charge in [-0.15, -0.1) is 10.2 Å². The Morgan fingerprint density at radius 1 is 1.33 bits per heavy atom. The van der Waals surface area contributed by atoms with Crippen LogP contribution in [0.3, 0.4) is 0 Å². The molecule has 1 aromatic heterocycles. The van der Waals surface area contributed by atoms with Crippen LogP contribution in [0.2, 0.25) is 5.02 Å². The molecule has 2 aromatic rings. The highest BCUT2D eigenvalue weighted by Gasteiger charge is 2.13. The third kappa shape index (κ3) is 2.31. The van der Waals surface area contributed by atoms with E-state index in [0.29, 0.717) is 11.8 Å². The number of anilines is 1. The third-order valence-corrected chi connectivity index (χ3v) is 2.87. The summed E-state index contributed by atoms with van der Waals surface area (Å²) < 4.78 is 15.1. The first kappa shape index (κ1) is 12.8. The highest BCUT2D eigenvalue weighted by molar-refractivity contribution is 6.31. The number of aromatic nitrogens is 3. The Morgan fingerprint density at radius 2 is 2.11 bits per heavy atom. The van der Waals surface area contributed by atoms with Crippen molar-refractivity contribution in [2.24, 2.45) is 0 Å². The van der Waals surface area contributed by atoms with E-state index in [2.05, 4.69) is 15.5 Å². The first-order chi connectivity index (χ1) is 8.67. The van der Waals surface area contributed by atoms with Crippen molar-refractivity contribution < 1.29 is 4.39 Å². The largest absolute Gasteiger partial charge is 0.355 e. The summed E-state index contributed by atoms with van der Waals surface area (Å²) in [7, 11) is 0. The molecule has 0 saturated carbocycles. The standard InChI is InChI=1S/C12H14ClFN4/c1-3-15-12-17-16-11(18(12)4-2)8-5-6-10(14)9(13)7-8/h5-7H,3-4H2,1-2H3,(H,15,17). The second-order valence-corrected chi connectivity index (χ2v) is 4.16. The minimum atomic E-state index is -0.435. The van der Waals surface area contributed by atoms with Crippen molar-refractivity contribution in [1.82, 2.24) is 14.8 Å². The van der Waals surface area contributed by atoms with Gasteiger partial charge in [0.1, 0.15) is 5.82 Å². The van der Waals surface area contributed by atoms with Crippen LogP contribution < -0.4 is 5.32 Å². The smallest absolute Gasteiger partial charge is 0.224 e. The molecular weight excluding hydrogens is 255 g/mol. The lowest BCUT2D eigenvalue weighted by Gasteiger charge is -2.08. The van der Waals surface area contributed by atoms with Gasteiger partial charge in [0, 0.05) is 18.7 Å². The number of benzene rings is 1. The number of nitrogens with zero attached hydrogens (tertiary/aromatic N) is 3. The molecular formula is C12H14ClFN4. The van der Waals surface area contributed by atoms with E-state index in [1.165, 1.54) is 6.07 Å². The number of halogens is 2. The van der Waals surface area contributed by atoms with Crippen molar-refractivity contribution in [1.29, 1.82) is 0 Å². The second kappa shape index (κ2) is 5.35. The van der Waals surface area contributed by atoms with Crippen LogP contribution in [0.4, 0.5) is 10.3 Å². The van der Waals surface area contributed by atoms with Crippen molar-refractivity contribution in [3.63, 3.8) is 0 Å². The molecule has 0 spiro atoms. The maximum absolute atomic E-state index is 13.1. The van der Waals surface area contributed by atoms with E-state index in [-0.39, 0.29) is 5.02 Å². The van der Waals surface area contributed by atoms with Crippen molar-refractivity contribution in [2.45, 2.75) is 20.4 Å². The Balaban J connectivity index is 2.46. The molecule has 0 aliphatic heterocycles. The monoisotopic (exact) mass is 268 g/mol. The molecule has 0 fully saturated rings. The van der Waals surface area contributed by atoms with E-state index in [1.807, 2.05) is 18.4 Å². The topological polar surface area (TPSA) is 42.7 Å². The van der Waals surface area contributed by atoms with Gasteiger partial charge in [-0.3, -0.25) is 4.57 Å². The summed E-state index contributed by atoms with van der Waals surface area (Å²) in [5.74, 6) is 0.945. The lowest BCUT2D eigenvalue weighted by atomic mass is 10.2.